The first-order valence-electron chi connectivity index (χ1n) is 4.85. The number of carbonyl (C=O) groups excluding carboxylic acids is 1. The zero-order valence-electron chi connectivity index (χ0n) is 9.62. The Balaban J connectivity index is 0.00000196. The molecule has 0 fully saturated rings. The molecule has 2 nitrogen and oxygen atoms in total. The van der Waals surface area contributed by atoms with E-state index in [-0.39, 0.29) is 36.0 Å². The van der Waals surface area contributed by atoms with E-state index in [9.17, 15) is 9.90 Å². The third kappa shape index (κ3) is 5.98. The van der Waals surface area contributed by atoms with E-state index >= 15 is 0 Å². The molecule has 1 aromatic rings. The molecule has 0 unspecified atom stereocenters. The van der Waals surface area contributed by atoms with Crippen LogP contribution < -0.4 is 34.7 Å². The average molecular weight is 214 g/mol. The van der Waals surface area contributed by atoms with Crippen LogP contribution in [-0.4, -0.2) is 5.97 Å². The zero-order chi connectivity index (χ0) is 10.6. The minimum Gasteiger partial charge on any atom is -0.550 e. The Kier molecular flexibility index (Phi) is 6.90. The van der Waals surface area contributed by atoms with Crippen LogP contribution in [0.1, 0.15) is 25.0 Å². The summed E-state index contributed by atoms with van der Waals surface area (Å²) in [5.74, 6) is -0.399. The molecule has 0 aliphatic rings. The van der Waals surface area contributed by atoms with Gasteiger partial charge < -0.3 is 9.90 Å². The normalized spacial score (nSPS) is 9.80. The van der Waals surface area contributed by atoms with Crippen molar-refractivity contribution in [1.29, 1.82) is 0 Å². The molecule has 0 aliphatic heterocycles. The van der Waals surface area contributed by atoms with Gasteiger partial charge in [0.1, 0.15) is 0 Å². The molecule has 3 heteroatoms. The van der Waals surface area contributed by atoms with Crippen molar-refractivity contribution in [3.05, 3.63) is 35.4 Å². The van der Waals surface area contributed by atoms with Crippen molar-refractivity contribution in [2.24, 2.45) is 5.92 Å². The third-order valence-corrected chi connectivity index (χ3v) is 2.02. The van der Waals surface area contributed by atoms with E-state index in [0.29, 0.717) is 5.92 Å². The number of carboxylic acids is 1. The molecular weight excluding hydrogens is 199 g/mol. The average Bonchev–Trinajstić information content (AvgIpc) is 2.06. The molecular formula is C12H15NaO2. The number of hydrogen-bond acceptors (Lipinski definition) is 2. The van der Waals surface area contributed by atoms with Crippen molar-refractivity contribution >= 4 is 5.97 Å². The molecule has 0 saturated heterocycles. The molecule has 0 atom stereocenters. The first-order chi connectivity index (χ1) is 6.58. The van der Waals surface area contributed by atoms with E-state index in [1.165, 1.54) is 5.56 Å². The number of rotatable bonds is 4. The number of carboxylic acid groups (broad SMARTS) is 1. The summed E-state index contributed by atoms with van der Waals surface area (Å²) in [4.78, 5) is 10.3. The van der Waals surface area contributed by atoms with Crippen LogP contribution in [0.5, 0.6) is 0 Å². The smallest absolute Gasteiger partial charge is 0.550 e. The summed E-state index contributed by atoms with van der Waals surface area (Å²) in [6.07, 6.45) is 1.04. The van der Waals surface area contributed by atoms with Gasteiger partial charge in [-0.3, -0.25) is 0 Å². The fourth-order valence-electron chi connectivity index (χ4n) is 1.43. The van der Waals surface area contributed by atoms with Crippen molar-refractivity contribution in [2.45, 2.75) is 26.7 Å². The van der Waals surface area contributed by atoms with Gasteiger partial charge in [0.2, 0.25) is 0 Å². The summed E-state index contributed by atoms with van der Waals surface area (Å²) in [7, 11) is 0. The van der Waals surface area contributed by atoms with Crippen LogP contribution >= 0.6 is 0 Å². The zero-order valence-corrected chi connectivity index (χ0v) is 11.6. The van der Waals surface area contributed by atoms with E-state index in [0.717, 1.165) is 12.0 Å². The van der Waals surface area contributed by atoms with Crippen LogP contribution in [0.3, 0.4) is 0 Å². The Morgan fingerprint density at radius 3 is 2.07 bits per heavy atom. The van der Waals surface area contributed by atoms with Crippen molar-refractivity contribution in [2.75, 3.05) is 0 Å². The maximum absolute atomic E-state index is 10.3. The van der Waals surface area contributed by atoms with Gasteiger partial charge in [0.05, 0.1) is 0 Å². The summed E-state index contributed by atoms with van der Waals surface area (Å²) in [6, 6.07) is 7.68. The van der Waals surface area contributed by atoms with Crippen LogP contribution in [0, 0.1) is 5.92 Å². The quantitative estimate of drug-likeness (QED) is 0.554. The molecule has 0 saturated carbocycles. The fourth-order valence-corrected chi connectivity index (χ4v) is 1.43. The van der Waals surface area contributed by atoms with Gasteiger partial charge in [0.15, 0.2) is 0 Å². The van der Waals surface area contributed by atoms with Gasteiger partial charge in [-0.15, -0.1) is 0 Å². The third-order valence-electron chi connectivity index (χ3n) is 2.02. The summed E-state index contributed by atoms with van der Waals surface area (Å²) >= 11 is 0. The molecule has 76 valence electrons. The topological polar surface area (TPSA) is 40.1 Å². The maximum atomic E-state index is 10.3. The predicted molar refractivity (Wildman–Crippen MR) is 53.7 cm³/mol. The van der Waals surface area contributed by atoms with Gasteiger partial charge in [-0.05, 0) is 23.5 Å². The standard InChI is InChI=1S/C12H16O2.Na/c1-9(2)7-10-3-5-11(6-4-10)8-12(13)14;/h3-6,9H,7-8H2,1-2H3,(H,13,14);/q;+1/p-1. The van der Waals surface area contributed by atoms with Gasteiger partial charge in [-0.2, -0.15) is 0 Å². The first-order valence-corrected chi connectivity index (χ1v) is 4.85. The van der Waals surface area contributed by atoms with Gasteiger partial charge >= 0.3 is 29.6 Å². The molecule has 1 rings (SSSR count). The number of aliphatic carboxylic acids is 1. The first kappa shape index (κ1) is 14.7. The van der Waals surface area contributed by atoms with Crippen molar-refractivity contribution in [3.8, 4) is 0 Å². The molecule has 0 heterocycles. The number of hydrogen-bond donors (Lipinski definition) is 0. The van der Waals surface area contributed by atoms with Crippen molar-refractivity contribution in [3.63, 3.8) is 0 Å². The van der Waals surface area contributed by atoms with Crippen LogP contribution in [0.25, 0.3) is 0 Å². The Bertz CT molecular complexity index is 304. The fraction of sp³-hybridized carbons (Fsp3) is 0.417. The SMILES string of the molecule is CC(C)Cc1ccc(CC(=O)[O-])cc1.[Na+]. The van der Waals surface area contributed by atoms with Gasteiger partial charge in [0.25, 0.3) is 0 Å². The van der Waals surface area contributed by atoms with E-state index in [4.69, 9.17) is 0 Å². The summed E-state index contributed by atoms with van der Waals surface area (Å²) in [6.45, 7) is 4.32. The second-order valence-electron chi connectivity index (χ2n) is 3.96. The van der Waals surface area contributed by atoms with Crippen molar-refractivity contribution < 1.29 is 39.5 Å². The number of carbonyl (C=O) groups is 1. The molecule has 0 radical (unpaired) electrons. The van der Waals surface area contributed by atoms with E-state index in [1.807, 2.05) is 24.3 Å². The van der Waals surface area contributed by atoms with Crippen LogP contribution in [0.15, 0.2) is 24.3 Å². The monoisotopic (exact) mass is 214 g/mol. The van der Waals surface area contributed by atoms with E-state index in [2.05, 4.69) is 13.8 Å². The van der Waals surface area contributed by atoms with Crippen LogP contribution in [0.4, 0.5) is 0 Å². The summed E-state index contributed by atoms with van der Waals surface area (Å²) < 4.78 is 0. The minimum atomic E-state index is -1.03. The molecule has 0 N–H and O–H groups in total. The van der Waals surface area contributed by atoms with Gasteiger partial charge in [0, 0.05) is 12.4 Å². The Morgan fingerprint density at radius 1 is 1.20 bits per heavy atom. The Morgan fingerprint density at radius 2 is 1.67 bits per heavy atom. The van der Waals surface area contributed by atoms with Crippen LogP contribution in [-0.2, 0) is 17.6 Å². The molecule has 0 amide bonds. The van der Waals surface area contributed by atoms with Crippen LogP contribution in [0.2, 0.25) is 0 Å². The maximum Gasteiger partial charge on any atom is 1.00 e. The second-order valence-corrected chi connectivity index (χ2v) is 3.96. The number of benzene rings is 1. The predicted octanol–water partition coefficient (Wildman–Crippen LogP) is -1.82. The molecule has 15 heavy (non-hydrogen) atoms. The molecule has 0 spiro atoms. The molecule has 0 aliphatic carbocycles. The van der Waals surface area contributed by atoms with E-state index < -0.39 is 5.97 Å². The van der Waals surface area contributed by atoms with Gasteiger partial charge in [-0.1, -0.05) is 38.1 Å². The van der Waals surface area contributed by atoms with E-state index in [1.54, 1.807) is 0 Å². The molecule has 0 bridgehead atoms. The minimum absolute atomic E-state index is 0. The van der Waals surface area contributed by atoms with Gasteiger partial charge in [-0.25, -0.2) is 0 Å². The summed E-state index contributed by atoms with van der Waals surface area (Å²) in [5.41, 5.74) is 2.06. The largest absolute Gasteiger partial charge is 1.00 e. The Labute approximate surface area is 113 Å². The second kappa shape index (κ2) is 7.04. The molecule has 1 aromatic carbocycles. The molecule has 0 aromatic heterocycles. The Hall–Kier alpha value is -0.310. The van der Waals surface area contributed by atoms with Crippen molar-refractivity contribution in [1.82, 2.24) is 0 Å². The summed E-state index contributed by atoms with van der Waals surface area (Å²) in [5, 5.41) is 10.3.